The van der Waals surface area contributed by atoms with Crippen molar-refractivity contribution < 1.29 is 9.18 Å². The SMILES string of the molecule is Cc1c(Br)cc(CNC2CC2)cc1C(=O)c1cccc(F)c1. The van der Waals surface area contributed by atoms with Crippen molar-refractivity contribution in [1.82, 2.24) is 5.32 Å². The molecular weight excluding hydrogens is 345 g/mol. The minimum atomic E-state index is -0.394. The van der Waals surface area contributed by atoms with Gasteiger partial charge >= 0.3 is 0 Å². The van der Waals surface area contributed by atoms with Gasteiger partial charge in [0.1, 0.15) is 5.82 Å². The lowest BCUT2D eigenvalue weighted by Gasteiger charge is -2.11. The van der Waals surface area contributed by atoms with Gasteiger partial charge in [-0.05, 0) is 55.2 Å². The van der Waals surface area contributed by atoms with E-state index in [2.05, 4.69) is 21.2 Å². The maximum absolute atomic E-state index is 13.3. The Kier molecular flexibility index (Phi) is 4.41. The third-order valence-electron chi connectivity index (χ3n) is 3.91. The number of halogens is 2. The molecule has 1 aliphatic rings. The van der Waals surface area contributed by atoms with Crippen molar-refractivity contribution in [2.45, 2.75) is 32.4 Å². The van der Waals surface area contributed by atoms with E-state index < -0.39 is 5.82 Å². The molecule has 0 atom stereocenters. The Hall–Kier alpha value is -1.52. The molecule has 22 heavy (non-hydrogen) atoms. The van der Waals surface area contributed by atoms with Gasteiger partial charge < -0.3 is 5.32 Å². The van der Waals surface area contributed by atoms with Crippen LogP contribution in [0.15, 0.2) is 40.9 Å². The molecule has 0 aliphatic heterocycles. The van der Waals surface area contributed by atoms with Crippen LogP contribution in [-0.2, 0) is 6.54 Å². The predicted molar refractivity (Wildman–Crippen MR) is 88.6 cm³/mol. The lowest BCUT2D eigenvalue weighted by atomic mass is 9.97. The Morgan fingerprint density at radius 1 is 1.32 bits per heavy atom. The Morgan fingerprint density at radius 2 is 2.09 bits per heavy atom. The highest BCUT2D eigenvalue weighted by Crippen LogP contribution is 2.26. The monoisotopic (exact) mass is 361 g/mol. The summed E-state index contributed by atoms with van der Waals surface area (Å²) in [6.45, 7) is 2.64. The summed E-state index contributed by atoms with van der Waals surface area (Å²) in [7, 11) is 0. The summed E-state index contributed by atoms with van der Waals surface area (Å²) in [5, 5.41) is 3.44. The van der Waals surface area contributed by atoms with Crippen LogP contribution in [0, 0.1) is 12.7 Å². The molecule has 4 heteroatoms. The molecule has 1 N–H and O–H groups in total. The van der Waals surface area contributed by atoms with Gasteiger partial charge in [-0.15, -0.1) is 0 Å². The number of benzene rings is 2. The maximum atomic E-state index is 13.3. The van der Waals surface area contributed by atoms with Gasteiger partial charge in [-0.3, -0.25) is 4.79 Å². The largest absolute Gasteiger partial charge is 0.310 e. The van der Waals surface area contributed by atoms with E-state index in [1.54, 1.807) is 12.1 Å². The van der Waals surface area contributed by atoms with E-state index in [-0.39, 0.29) is 5.78 Å². The summed E-state index contributed by atoms with van der Waals surface area (Å²) < 4.78 is 14.3. The fourth-order valence-electron chi connectivity index (χ4n) is 2.41. The van der Waals surface area contributed by atoms with Crippen LogP contribution in [-0.4, -0.2) is 11.8 Å². The fourth-order valence-corrected chi connectivity index (χ4v) is 2.92. The standard InChI is InChI=1S/C18H17BrFNO/c1-11-16(18(22)13-3-2-4-14(20)9-13)7-12(8-17(11)19)10-21-15-5-6-15/h2-4,7-9,15,21H,5-6,10H2,1H3. The second-order valence-corrected chi connectivity index (χ2v) is 6.60. The van der Waals surface area contributed by atoms with Crippen LogP contribution in [0.2, 0.25) is 0 Å². The first-order chi connectivity index (χ1) is 10.5. The molecule has 0 aromatic heterocycles. The highest BCUT2D eigenvalue weighted by Gasteiger charge is 2.21. The first-order valence-electron chi connectivity index (χ1n) is 7.37. The van der Waals surface area contributed by atoms with Crippen LogP contribution in [0.4, 0.5) is 4.39 Å². The number of carbonyl (C=O) groups is 1. The van der Waals surface area contributed by atoms with Gasteiger partial charge in [-0.25, -0.2) is 4.39 Å². The molecule has 0 unspecified atom stereocenters. The average Bonchev–Trinajstić information content (AvgIpc) is 3.32. The van der Waals surface area contributed by atoms with Crippen LogP contribution in [0.1, 0.15) is 39.9 Å². The normalized spacial score (nSPS) is 14.1. The highest BCUT2D eigenvalue weighted by atomic mass is 79.9. The van der Waals surface area contributed by atoms with Crippen LogP contribution >= 0.6 is 15.9 Å². The molecule has 1 aliphatic carbocycles. The summed E-state index contributed by atoms with van der Waals surface area (Å²) in [5.74, 6) is -0.542. The first-order valence-corrected chi connectivity index (χ1v) is 8.16. The van der Waals surface area contributed by atoms with Crippen molar-refractivity contribution in [3.05, 3.63) is 68.9 Å². The topological polar surface area (TPSA) is 29.1 Å². The zero-order chi connectivity index (χ0) is 15.7. The molecular formula is C18H17BrFNO. The van der Waals surface area contributed by atoms with E-state index in [1.807, 2.05) is 19.1 Å². The number of hydrogen-bond donors (Lipinski definition) is 1. The third-order valence-corrected chi connectivity index (χ3v) is 4.73. The Bertz CT molecular complexity index is 725. The molecule has 0 heterocycles. The summed E-state index contributed by atoms with van der Waals surface area (Å²) >= 11 is 3.52. The number of nitrogens with one attached hydrogen (secondary N) is 1. The smallest absolute Gasteiger partial charge is 0.193 e. The molecule has 0 bridgehead atoms. The van der Waals surface area contributed by atoms with Gasteiger partial charge in [0.15, 0.2) is 5.78 Å². The predicted octanol–water partition coefficient (Wildman–Crippen LogP) is 4.38. The van der Waals surface area contributed by atoms with Gasteiger partial charge in [-0.1, -0.05) is 28.1 Å². The van der Waals surface area contributed by atoms with Crippen molar-refractivity contribution in [3.8, 4) is 0 Å². The lowest BCUT2D eigenvalue weighted by molar-refractivity contribution is 0.103. The van der Waals surface area contributed by atoms with Crippen molar-refractivity contribution in [1.29, 1.82) is 0 Å². The fraction of sp³-hybridized carbons (Fsp3) is 0.278. The molecule has 2 aromatic rings. The number of carbonyl (C=O) groups excluding carboxylic acids is 1. The van der Waals surface area contributed by atoms with Gasteiger partial charge in [0.2, 0.25) is 0 Å². The van der Waals surface area contributed by atoms with E-state index in [0.717, 1.165) is 22.1 Å². The Labute approximate surface area is 137 Å². The third kappa shape index (κ3) is 3.45. The van der Waals surface area contributed by atoms with Gasteiger partial charge in [0.05, 0.1) is 0 Å². The zero-order valence-corrected chi connectivity index (χ0v) is 13.9. The molecule has 3 rings (SSSR count). The van der Waals surface area contributed by atoms with E-state index in [4.69, 9.17) is 0 Å². The van der Waals surface area contributed by atoms with Crippen molar-refractivity contribution in [2.75, 3.05) is 0 Å². The van der Waals surface area contributed by atoms with Crippen LogP contribution in [0.5, 0.6) is 0 Å². The molecule has 1 saturated carbocycles. The molecule has 0 saturated heterocycles. The highest BCUT2D eigenvalue weighted by molar-refractivity contribution is 9.10. The van der Waals surface area contributed by atoms with Crippen LogP contribution in [0.3, 0.4) is 0 Å². The van der Waals surface area contributed by atoms with Crippen molar-refractivity contribution in [3.63, 3.8) is 0 Å². The second kappa shape index (κ2) is 6.31. The molecule has 2 nitrogen and oxygen atoms in total. The second-order valence-electron chi connectivity index (χ2n) is 5.74. The Morgan fingerprint density at radius 3 is 2.77 bits per heavy atom. The average molecular weight is 362 g/mol. The zero-order valence-electron chi connectivity index (χ0n) is 12.3. The van der Waals surface area contributed by atoms with E-state index in [0.29, 0.717) is 17.2 Å². The summed E-state index contributed by atoms with van der Waals surface area (Å²) in [5.41, 5.74) is 2.93. The number of rotatable bonds is 5. The first kappa shape index (κ1) is 15.4. The quantitative estimate of drug-likeness (QED) is 0.800. The summed E-state index contributed by atoms with van der Waals surface area (Å²) in [4.78, 5) is 12.7. The maximum Gasteiger partial charge on any atom is 0.193 e. The number of hydrogen-bond acceptors (Lipinski definition) is 2. The molecule has 0 radical (unpaired) electrons. The minimum Gasteiger partial charge on any atom is -0.310 e. The Balaban J connectivity index is 1.92. The summed E-state index contributed by atoms with van der Waals surface area (Å²) in [6, 6.07) is 10.4. The van der Waals surface area contributed by atoms with Gasteiger partial charge in [0, 0.05) is 28.2 Å². The van der Waals surface area contributed by atoms with Crippen molar-refractivity contribution in [2.24, 2.45) is 0 Å². The van der Waals surface area contributed by atoms with Gasteiger partial charge in [-0.2, -0.15) is 0 Å². The molecule has 0 spiro atoms. The van der Waals surface area contributed by atoms with Crippen LogP contribution < -0.4 is 5.32 Å². The molecule has 114 valence electrons. The molecule has 0 amide bonds. The summed E-state index contributed by atoms with van der Waals surface area (Å²) in [6.07, 6.45) is 2.45. The minimum absolute atomic E-state index is 0.147. The van der Waals surface area contributed by atoms with Crippen molar-refractivity contribution >= 4 is 21.7 Å². The lowest BCUT2D eigenvalue weighted by Crippen LogP contribution is -2.16. The molecule has 2 aromatic carbocycles. The van der Waals surface area contributed by atoms with Gasteiger partial charge in [0.25, 0.3) is 0 Å². The van der Waals surface area contributed by atoms with E-state index in [1.165, 1.54) is 25.0 Å². The van der Waals surface area contributed by atoms with Crippen LogP contribution in [0.25, 0.3) is 0 Å². The van der Waals surface area contributed by atoms with E-state index >= 15 is 0 Å². The number of ketones is 1. The van der Waals surface area contributed by atoms with E-state index in [9.17, 15) is 9.18 Å². The molecule has 1 fully saturated rings.